The zero-order valence-corrected chi connectivity index (χ0v) is 15.6. The van der Waals surface area contributed by atoms with Crippen LogP contribution in [-0.2, 0) is 4.79 Å². The highest BCUT2D eigenvalue weighted by molar-refractivity contribution is 5.98. The second-order valence-corrected chi connectivity index (χ2v) is 8.47. The number of amides is 2. The summed E-state index contributed by atoms with van der Waals surface area (Å²) in [5.74, 6) is 1.04. The van der Waals surface area contributed by atoms with Gasteiger partial charge in [0.1, 0.15) is 0 Å². The van der Waals surface area contributed by atoms with Crippen LogP contribution in [0.1, 0.15) is 42.5 Å². The molecule has 3 fully saturated rings. The summed E-state index contributed by atoms with van der Waals surface area (Å²) in [6.45, 7) is 3.05. The predicted octanol–water partition coefficient (Wildman–Crippen LogP) is 3.10. The lowest BCUT2D eigenvalue weighted by Gasteiger charge is -2.39. The average molecular weight is 363 g/mol. The van der Waals surface area contributed by atoms with Crippen molar-refractivity contribution in [1.82, 2.24) is 14.8 Å². The lowest BCUT2D eigenvalue weighted by Crippen LogP contribution is -2.50. The molecule has 1 aromatic heterocycles. The smallest absolute Gasteiger partial charge is 0.253 e. The number of benzene rings is 1. The van der Waals surface area contributed by atoms with Crippen molar-refractivity contribution in [1.29, 1.82) is 0 Å². The SMILES string of the molecule is O=C(c1ccc2ncccc2c1)N1CC[C@]2(CCCN(CC3CC3)C2=O)C1. The summed E-state index contributed by atoms with van der Waals surface area (Å²) >= 11 is 0. The number of likely N-dealkylation sites (tertiary alicyclic amines) is 2. The second kappa shape index (κ2) is 6.32. The number of hydrogen-bond donors (Lipinski definition) is 0. The maximum absolute atomic E-state index is 13.2. The third-order valence-corrected chi connectivity index (χ3v) is 6.49. The lowest BCUT2D eigenvalue weighted by molar-refractivity contribution is -0.145. The van der Waals surface area contributed by atoms with Crippen molar-refractivity contribution in [2.24, 2.45) is 11.3 Å². The number of fused-ring (bicyclic) bond motifs is 1. The van der Waals surface area contributed by atoms with Crippen molar-refractivity contribution >= 4 is 22.7 Å². The molecule has 1 atom stereocenters. The average Bonchev–Trinajstić information content (AvgIpc) is 3.42. The van der Waals surface area contributed by atoms with E-state index in [1.165, 1.54) is 12.8 Å². The molecule has 1 saturated carbocycles. The number of rotatable bonds is 3. The summed E-state index contributed by atoms with van der Waals surface area (Å²) < 4.78 is 0. The quantitative estimate of drug-likeness (QED) is 0.842. The third kappa shape index (κ3) is 2.99. The van der Waals surface area contributed by atoms with Gasteiger partial charge < -0.3 is 9.80 Å². The van der Waals surface area contributed by atoms with Crippen LogP contribution in [0.2, 0.25) is 0 Å². The highest BCUT2D eigenvalue weighted by Gasteiger charge is 2.50. The Morgan fingerprint density at radius 2 is 2.07 bits per heavy atom. The normalized spacial score (nSPS) is 25.6. The monoisotopic (exact) mass is 363 g/mol. The Kier molecular flexibility index (Phi) is 3.92. The molecule has 5 rings (SSSR count). The summed E-state index contributed by atoms with van der Waals surface area (Å²) in [7, 11) is 0. The first-order valence-corrected chi connectivity index (χ1v) is 10.1. The molecular weight excluding hydrogens is 338 g/mol. The second-order valence-electron chi connectivity index (χ2n) is 8.47. The third-order valence-electron chi connectivity index (χ3n) is 6.49. The van der Waals surface area contributed by atoms with Crippen LogP contribution >= 0.6 is 0 Å². The summed E-state index contributed by atoms with van der Waals surface area (Å²) in [5, 5.41) is 0.974. The van der Waals surface area contributed by atoms with E-state index in [-0.39, 0.29) is 11.3 Å². The Morgan fingerprint density at radius 1 is 1.19 bits per heavy atom. The van der Waals surface area contributed by atoms with Crippen molar-refractivity contribution in [2.45, 2.75) is 32.1 Å². The van der Waals surface area contributed by atoms with E-state index in [2.05, 4.69) is 9.88 Å². The summed E-state index contributed by atoms with van der Waals surface area (Å²) in [5.41, 5.74) is 1.23. The van der Waals surface area contributed by atoms with Crippen LogP contribution in [0.25, 0.3) is 10.9 Å². The minimum Gasteiger partial charge on any atom is -0.342 e. The molecule has 5 nitrogen and oxygen atoms in total. The van der Waals surface area contributed by atoms with Gasteiger partial charge in [-0.3, -0.25) is 14.6 Å². The van der Waals surface area contributed by atoms with Crippen LogP contribution in [0.5, 0.6) is 0 Å². The van der Waals surface area contributed by atoms with Crippen molar-refractivity contribution in [3.8, 4) is 0 Å². The molecule has 27 heavy (non-hydrogen) atoms. The van der Waals surface area contributed by atoms with E-state index in [0.717, 1.165) is 49.2 Å². The molecule has 0 bridgehead atoms. The van der Waals surface area contributed by atoms with Crippen LogP contribution in [-0.4, -0.2) is 52.8 Å². The molecule has 1 aliphatic carbocycles. The first kappa shape index (κ1) is 16.7. The molecule has 5 heteroatoms. The number of carbonyl (C=O) groups excluding carboxylic acids is 2. The lowest BCUT2D eigenvalue weighted by atomic mass is 9.78. The standard InChI is InChI=1S/C22H25N3O2/c26-20(18-6-7-19-17(13-18)3-1-10-23-19)25-12-9-22(15-25)8-2-11-24(21(22)27)14-16-4-5-16/h1,3,6-7,10,13,16H,2,4-5,8-9,11-12,14-15H2/t22-/m1/s1. The summed E-state index contributed by atoms with van der Waals surface area (Å²) in [4.78, 5) is 34.5. The van der Waals surface area contributed by atoms with E-state index in [1.807, 2.05) is 35.2 Å². The fourth-order valence-electron chi connectivity index (χ4n) is 4.75. The van der Waals surface area contributed by atoms with Crippen molar-refractivity contribution in [2.75, 3.05) is 26.2 Å². The van der Waals surface area contributed by atoms with Gasteiger partial charge in [0.15, 0.2) is 0 Å². The fourth-order valence-corrected chi connectivity index (χ4v) is 4.75. The minimum absolute atomic E-state index is 0.0322. The summed E-state index contributed by atoms with van der Waals surface area (Å²) in [6, 6.07) is 9.53. The molecule has 2 amide bonds. The Balaban J connectivity index is 1.34. The van der Waals surface area contributed by atoms with E-state index in [0.29, 0.717) is 24.6 Å². The van der Waals surface area contributed by atoms with E-state index >= 15 is 0 Å². The number of carbonyl (C=O) groups is 2. The van der Waals surface area contributed by atoms with Gasteiger partial charge in [0, 0.05) is 43.3 Å². The number of hydrogen-bond acceptors (Lipinski definition) is 3. The van der Waals surface area contributed by atoms with E-state index in [4.69, 9.17) is 0 Å². The van der Waals surface area contributed by atoms with Crippen molar-refractivity contribution in [3.05, 3.63) is 42.1 Å². The summed E-state index contributed by atoms with van der Waals surface area (Å²) in [6.07, 6.45) is 7.06. The zero-order chi connectivity index (χ0) is 18.4. The molecule has 0 radical (unpaired) electrons. The van der Waals surface area contributed by atoms with Gasteiger partial charge in [-0.1, -0.05) is 6.07 Å². The van der Waals surface area contributed by atoms with Crippen molar-refractivity contribution < 1.29 is 9.59 Å². The van der Waals surface area contributed by atoms with E-state index in [1.54, 1.807) is 6.20 Å². The molecular formula is C22H25N3O2. The number of aromatic nitrogens is 1. The van der Waals surface area contributed by atoms with Crippen LogP contribution in [0.3, 0.4) is 0 Å². The molecule has 140 valence electrons. The first-order valence-electron chi connectivity index (χ1n) is 10.1. The van der Waals surface area contributed by atoms with Crippen LogP contribution in [0, 0.1) is 11.3 Å². The molecule has 3 heterocycles. The topological polar surface area (TPSA) is 53.5 Å². The molecule has 1 aromatic carbocycles. The van der Waals surface area contributed by atoms with Gasteiger partial charge in [0.2, 0.25) is 5.91 Å². The molecule has 2 aromatic rings. The molecule has 0 N–H and O–H groups in total. The van der Waals surface area contributed by atoms with Crippen LogP contribution in [0.4, 0.5) is 0 Å². The zero-order valence-electron chi connectivity index (χ0n) is 15.6. The molecule has 2 saturated heterocycles. The van der Waals surface area contributed by atoms with Gasteiger partial charge in [0.05, 0.1) is 10.9 Å². The Morgan fingerprint density at radius 3 is 2.93 bits per heavy atom. The Bertz CT molecular complexity index is 907. The number of piperidine rings is 1. The van der Waals surface area contributed by atoms with E-state index < -0.39 is 0 Å². The molecule has 1 spiro atoms. The largest absolute Gasteiger partial charge is 0.342 e. The minimum atomic E-state index is -0.346. The Labute approximate surface area is 159 Å². The van der Waals surface area contributed by atoms with Gasteiger partial charge >= 0.3 is 0 Å². The number of pyridine rings is 1. The predicted molar refractivity (Wildman–Crippen MR) is 103 cm³/mol. The molecule has 0 unspecified atom stereocenters. The maximum Gasteiger partial charge on any atom is 0.253 e. The van der Waals surface area contributed by atoms with Gasteiger partial charge in [-0.2, -0.15) is 0 Å². The van der Waals surface area contributed by atoms with Crippen molar-refractivity contribution in [3.63, 3.8) is 0 Å². The molecule has 3 aliphatic rings. The maximum atomic E-state index is 13.2. The highest BCUT2D eigenvalue weighted by Crippen LogP contribution is 2.42. The fraction of sp³-hybridized carbons (Fsp3) is 0.500. The Hall–Kier alpha value is -2.43. The van der Waals surface area contributed by atoms with Gasteiger partial charge in [-0.25, -0.2) is 0 Å². The van der Waals surface area contributed by atoms with E-state index in [9.17, 15) is 9.59 Å². The van der Waals surface area contributed by atoms with Crippen LogP contribution < -0.4 is 0 Å². The number of nitrogens with zero attached hydrogens (tertiary/aromatic N) is 3. The molecule has 2 aliphatic heterocycles. The van der Waals surface area contributed by atoms with Crippen LogP contribution in [0.15, 0.2) is 36.5 Å². The first-order chi connectivity index (χ1) is 13.1. The van der Waals surface area contributed by atoms with Gasteiger partial charge in [-0.15, -0.1) is 0 Å². The van der Waals surface area contributed by atoms with Gasteiger partial charge in [0.25, 0.3) is 5.91 Å². The highest BCUT2D eigenvalue weighted by atomic mass is 16.2. The van der Waals surface area contributed by atoms with Gasteiger partial charge in [-0.05, 0) is 62.3 Å².